The molecule has 0 N–H and O–H groups in total. The summed E-state index contributed by atoms with van der Waals surface area (Å²) >= 11 is 0. The van der Waals surface area contributed by atoms with Crippen molar-refractivity contribution in [2.24, 2.45) is 0 Å². The van der Waals surface area contributed by atoms with Gasteiger partial charge in [-0.15, -0.1) is 0 Å². The number of likely N-dealkylation sites (N-methyl/N-ethyl adjacent to an activating group) is 1. The Balaban J connectivity index is 1.69. The zero-order chi connectivity index (χ0) is 18.1. The molecule has 1 aliphatic heterocycles. The van der Waals surface area contributed by atoms with E-state index in [4.69, 9.17) is 9.31 Å². The number of carbonyl (C=O) groups excluding carboxylic acids is 3. The van der Waals surface area contributed by atoms with Gasteiger partial charge >= 0.3 is 19.1 Å². The van der Waals surface area contributed by atoms with Gasteiger partial charge in [0.05, 0.1) is 13.1 Å². The molecule has 0 saturated carbocycles. The second-order valence-electron chi connectivity index (χ2n) is 5.97. The third kappa shape index (κ3) is 6.93. The minimum absolute atomic E-state index is 0.0664. The van der Waals surface area contributed by atoms with Crippen molar-refractivity contribution in [2.75, 3.05) is 20.1 Å². The lowest BCUT2D eigenvalue weighted by Crippen LogP contribution is -2.42. The Morgan fingerprint density at radius 1 is 1.12 bits per heavy atom. The molecular formula is C18H22BNO5. The van der Waals surface area contributed by atoms with E-state index in [9.17, 15) is 14.4 Å². The van der Waals surface area contributed by atoms with Crippen LogP contribution in [0.4, 0.5) is 0 Å². The van der Waals surface area contributed by atoms with Crippen molar-refractivity contribution in [1.82, 2.24) is 4.90 Å². The molecule has 1 heterocycles. The molecule has 0 amide bonds. The predicted octanol–water partition coefficient (Wildman–Crippen LogP) is 2.12. The molecule has 0 aliphatic carbocycles. The molecule has 1 saturated heterocycles. The third-order valence-electron chi connectivity index (χ3n) is 3.69. The van der Waals surface area contributed by atoms with Gasteiger partial charge in [0.2, 0.25) is 0 Å². The van der Waals surface area contributed by atoms with Crippen LogP contribution in [0.1, 0.15) is 29.6 Å². The number of nitrogens with zero attached hydrogens (tertiary/aromatic N) is 1. The van der Waals surface area contributed by atoms with Gasteiger partial charge in [0.25, 0.3) is 0 Å². The first-order valence-electron chi connectivity index (χ1n) is 8.35. The van der Waals surface area contributed by atoms with Gasteiger partial charge < -0.3 is 9.31 Å². The standard InChI is InChI=1S/C18H22BNO5/c1-20-13-17(22)24-19(25-18(23)14-20)12-8-3-2-7-11-16(21)15-9-5-4-6-10-15/h3-6,8-10H,2,7,11-14H2,1H3. The minimum atomic E-state index is -0.879. The first-order valence-corrected chi connectivity index (χ1v) is 8.35. The Morgan fingerprint density at radius 3 is 2.40 bits per heavy atom. The molecule has 7 heteroatoms. The van der Waals surface area contributed by atoms with Gasteiger partial charge in [0, 0.05) is 18.3 Å². The van der Waals surface area contributed by atoms with Crippen molar-refractivity contribution in [3.05, 3.63) is 48.0 Å². The fourth-order valence-corrected chi connectivity index (χ4v) is 2.46. The molecule has 0 unspecified atom stereocenters. The van der Waals surface area contributed by atoms with Crippen molar-refractivity contribution in [3.8, 4) is 0 Å². The van der Waals surface area contributed by atoms with E-state index in [1.165, 1.54) is 0 Å². The highest BCUT2D eigenvalue weighted by Gasteiger charge is 2.30. The summed E-state index contributed by atoms with van der Waals surface area (Å²) in [5, 5.41) is 0. The van der Waals surface area contributed by atoms with E-state index in [1.807, 2.05) is 42.5 Å². The zero-order valence-corrected chi connectivity index (χ0v) is 14.3. The van der Waals surface area contributed by atoms with E-state index < -0.39 is 19.1 Å². The lowest BCUT2D eigenvalue weighted by Gasteiger charge is -2.21. The number of Topliss-reactive ketones (excluding diaryl/α,β-unsaturated/α-hetero) is 1. The first-order chi connectivity index (χ1) is 12.0. The topological polar surface area (TPSA) is 72.9 Å². The molecule has 0 radical (unpaired) electrons. The van der Waals surface area contributed by atoms with Crippen LogP contribution in [0.25, 0.3) is 0 Å². The Labute approximate surface area is 147 Å². The van der Waals surface area contributed by atoms with Crippen molar-refractivity contribution in [2.45, 2.75) is 25.6 Å². The fraction of sp³-hybridized carbons (Fsp3) is 0.389. The van der Waals surface area contributed by atoms with Crippen LogP contribution in [-0.4, -0.2) is 49.9 Å². The predicted molar refractivity (Wildman–Crippen MR) is 94.0 cm³/mol. The number of allylic oxidation sites excluding steroid dienone is 2. The normalized spacial score (nSPS) is 16.3. The van der Waals surface area contributed by atoms with Crippen LogP contribution in [0.2, 0.25) is 6.32 Å². The van der Waals surface area contributed by atoms with Crippen LogP contribution >= 0.6 is 0 Å². The average molecular weight is 343 g/mol. The number of hydrogen-bond donors (Lipinski definition) is 0. The Morgan fingerprint density at radius 2 is 1.76 bits per heavy atom. The van der Waals surface area contributed by atoms with Crippen LogP contribution in [0.5, 0.6) is 0 Å². The van der Waals surface area contributed by atoms with E-state index in [1.54, 1.807) is 11.9 Å². The molecule has 2 rings (SSSR count). The average Bonchev–Trinajstić information content (AvgIpc) is 2.56. The fourth-order valence-electron chi connectivity index (χ4n) is 2.46. The van der Waals surface area contributed by atoms with Gasteiger partial charge in [0.15, 0.2) is 5.78 Å². The minimum Gasteiger partial charge on any atom is -0.498 e. The largest absolute Gasteiger partial charge is 0.602 e. The Hall–Kier alpha value is -2.41. The maximum Gasteiger partial charge on any atom is 0.602 e. The van der Waals surface area contributed by atoms with Gasteiger partial charge in [-0.25, -0.2) is 0 Å². The van der Waals surface area contributed by atoms with Crippen molar-refractivity contribution in [3.63, 3.8) is 0 Å². The van der Waals surface area contributed by atoms with Crippen LogP contribution in [-0.2, 0) is 18.9 Å². The lowest BCUT2D eigenvalue weighted by atomic mass is 9.84. The number of unbranched alkanes of at least 4 members (excludes halogenated alkanes) is 1. The van der Waals surface area contributed by atoms with E-state index in [-0.39, 0.29) is 18.9 Å². The molecule has 0 aromatic heterocycles. The van der Waals surface area contributed by atoms with Gasteiger partial charge in [0.1, 0.15) is 0 Å². The summed E-state index contributed by atoms with van der Waals surface area (Å²) in [6.07, 6.45) is 5.98. The van der Waals surface area contributed by atoms with Crippen molar-refractivity contribution in [1.29, 1.82) is 0 Å². The van der Waals surface area contributed by atoms with Crippen molar-refractivity contribution >= 4 is 24.8 Å². The molecule has 6 nitrogen and oxygen atoms in total. The number of carbonyl (C=O) groups is 3. The van der Waals surface area contributed by atoms with Crippen LogP contribution < -0.4 is 0 Å². The molecule has 1 aromatic carbocycles. The summed E-state index contributed by atoms with van der Waals surface area (Å²) in [6.45, 7) is 0.133. The second-order valence-corrected chi connectivity index (χ2v) is 5.97. The van der Waals surface area contributed by atoms with E-state index in [2.05, 4.69) is 0 Å². The van der Waals surface area contributed by atoms with Gasteiger partial charge in [-0.05, 0) is 19.9 Å². The first kappa shape index (κ1) is 18.9. The van der Waals surface area contributed by atoms with Crippen molar-refractivity contribution < 1.29 is 23.7 Å². The molecule has 132 valence electrons. The monoisotopic (exact) mass is 343 g/mol. The summed E-state index contributed by atoms with van der Waals surface area (Å²) < 4.78 is 10.2. The zero-order valence-electron chi connectivity index (χ0n) is 14.3. The molecule has 25 heavy (non-hydrogen) atoms. The maximum absolute atomic E-state index is 12.0. The third-order valence-corrected chi connectivity index (χ3v) is 3.69. The summed E-state index contributed by atoms with van der Waals surface area (Å²) in [5.41, 5.74) is 0.727. The summed E-state index contributed by atoms with van der Waals surface area (Å²) in [7, 11) is 0.773. The van der Waals surface area contributed by atoms with Crippen LogP contribution in [0.15, 0.2) is 42.5 Å². The highest BCUT2D eigenvalue weighted by molar-refractivity contribution is 6.49. The SMILES string of the molecule is CN1CC(=O)OB(CC=CCCCC(=O)c2ccccc2)OC(=O)C1. The Kier molecular flexibility index (Phi) is 7.41. The molecular weight excluding hydrogens is 321 g/mol. The number of rotatable bonds is 7. The summed E-state index contributed by atoms with van der Waals surface area (Å²) in [5.74, 6) is -0.704. The summed E-state index contributed by atoms with van der Waals surface area (Å²) in [4.78, 5) is 36.7. The molecule has 1 aliphatic rings. The molecule has 0 bridgehead atoms. The molecule has 1 aromatic rings. The summed E-state index contributed by atoms with van der Waals surface area (Å²) in [6, 6.07) is 9.21. The maximum atomic E-state index is 12.0. The van der Waals surface area contributed by atoms with Gasteiger partial charge in [-0.3, -0.25) is 19.3 Å². The van der Waals surface area contributed by atoms with Gasteiger partial charge in [-0.1, -0.05) is 42.5 Å². The molecule has 0 spiro atoms. The van der Waals surface area contributed by atoms with Crippen LogP contribution in [0.3, 0.4) is 0 Å². The van der Waals surface area contributed by atoms with Gasteiger partial charge in [-0.2, -0.15) is 0 Å². The number of ketones is 1. The number of hydrogen-bond acceptors (Lipinski definition) is 6. The smallest absolute Gasteiger partial charge is 0.498 e. The highest BCUT2D eigenvalue weighted by atomic mass is 16.6. The quantitative estimate of drug-likeness (QED) is 0.327. The lowest BCUT2D eigenvalue weighted by molar-refractivity contribution is -0.145. The van der Waals surface area contributed by atoms with E-state index in [0.29, 0.717) is 12.7 Å². The van der Waals surface area contributed by atoms with Crippen LogP contribution in [0, 0.1) is 0 Å². The number of benzene rings is 1. The molecule has 0 atom stereocenters. The second kappa shape index (κ2) is 9.79. The molecule has 1 fully saturated rings. The highest BCUT2D eigenvalue weighted by Crippen LogP contribution is 2.09. The Bertz CT molecular complexity index is 612. The van der Waals surface area contributed by atoms with E-state index >= 15 is 0 Å². The van der Waals surface area contributed by atoms with E-state index in [0.717, 1.165) is 18.4 Å².